The maximum atomic E-state index is 12.3. The number of thioether (sulfide) groups is 1. The molecule has 2 aliphatic heterocycles. The van der Waals surface area contributed by atoms with Gasteiger partial charge >= 0.3 is 0 Å². The molecule has 0 bridgehead atoms. The van der Waals surface area contributed by atoms with E-state index in [1.807, 2.05) is 29.2 Å². The SMILES string of the molecule is CC1(c2ccc(C(=O)N3CCCC3)cc2)CCSC(N)=N1. The van der Waals surface area contributed by atoms with Gasteiger partial charge in [-0.3, -0.25) is 9.79 Å². The summed E-state index contributed by atoms with van der Waals surface area (Å²) in [5.41, 5.74) is 7.50. The van der Waals surface area contributed by atoms with Crippen LogP contribution in [0.25, 0.3) is 0 Å². The number of hydrogen-bond acceptors (Lipinski definition) is 4. The van der Waals surface area contributed by atoms with Gasteiger partial charge < -0.3 is 10.6 Å². The lowest BCUT2D eigenvalue weighted by Gasteiger charge is -2.29. The zero-order valence-electron chi connectivity index (χ0n) is 12.3. The van der Waals surface area contributed by atoms with Gasteiger partial charge in [-0.05, 0) is 43.9 Å². The van der Waals surface area contributed by atoms with E-state index in [4.69, 9.17) is 5.73 Å². The van der Waals surface area contributed by atoms with Crippen molar-refractivity contribution in [2.75, 3.05) is 18.8 Å². The van der Waals surface area contributed by atoms with Crippen molar-refractivity contribution in [1.82, 2.24) is 4.90 Å². The summed E-state index contributed by atoms with van der Waals surface area (Å²) in [6.45, 7) is 3.88. The lowest BCUT2D eigenvalue weighted by atomic mass is 9.89. The molecule has 3 rings (SSSR count). The first-order valence-electron chi connectivity index (χ1n) is 7.46. The first-order valence-corrected chi connectivity index (χ1v) is 8.45. The van der Waals surface area contributed by atoms with E-state index >= 15 is 0 Å². The van der Waals surface area contributed by atoms with Gasteiger partial charge in [0.25, 0.3) is 5.91 Å². The molecule has 112 valence electrons. The van der Waals surface area contributed by atoms with Crippen molar-refractivity contribution >= 4 is 22.8 Å². The maximum absolute atomic E-state index is 12.3. The summed E-state index contributed by atoms with van der Waals surface area (Å²) in [7, 11) is 0. The molecule has 1 unspecified atom stereocenters. The number of carbonyl (C=O) groups is 1. The van der Waals surface area contributed by atoms with E-state index in [-0.39, 0.29) is 11.4 Å². The number of amidine groups is 1. The maximum Gasteiger partial charge on any atom is 0.253 e. The van der Waals surface area contributed by atoms with E-state index in [1.165, 1.54) is 0 Å². The number of carbonyl (C=O) groups excluding carboxylic acids is 1. The van der Waals surface area contributed by atoms with Crippen molar-refractivity contribution in [1.29, 1.82) is 0 Å². The van der Waals surface area contributed by atoms with Crippen LogP contribution >= 0.6 is 11.8 Å². The minimum atomic E-state index is -0.259. The summed E-state index contributed by atoms with van der Waals surface area (Å²) in [6, 6.07) is 7.90. The highest BCUT2D eigenvalue weighted by molar-refractivity contribution is 8.13. The van der Waals surface area contributed by atoms with E-state index in [9.17, 15) is 4.79 Å². The van der Waals surface area contributed by atoms with Gasteiger partial charge in [0.05, 0.1) is 5.54 Å². The Balaban J connectivity index is 1.80. The van der Waals surface area contributed by atoms with Crippen LogP contribution in [0.3, 0.4) is 0 Å². The van der Waals surface area contributed by atoms with Crippen molar-refractivity contribution in [2.45, 2.75) is 31.7 Å². The van der Waals surface area contributed by atoms with Crippen LogP contribution in [-0.4, -0.2) is 34.8 Å². The molecule has 1 amide bonds. The predicted octanol–water partition coefficient (Wildman–Crippen LogP) is 2.59. The Morgan fingerprint density at radius 1 is 1.29 bits per heavy atom. The van der Waals surface area contributed by atoms with Crippen molar-refractivity contribution in [3.8, 4) is 0 Å². The first kappa shape index (κ1) is 14.4. The van der Waals surface area contributed by atoms with Crippen LogP contribution in [0.5, 0.6) is 0 Å². The van der Waals surface area contributed by atoms with Crippen molar-refractivity contribution in [3.05, 3.63) is 35.4 Å². The summed E-state index contributed by atoms with van der Waals surface area (Å²) in [6.07, 6.45) is 3.21. The third kappa shape index (κ3) is 2.93. The van der Waals surface area contributed by atoms with Gasteiger partial charge in [-0.1, -0.05) is 23.9 Å². The topological polar surface area (TPSA) is 58.7 Å². The summed E-state index contributed by atoms with van der Waals surface area (Å²) in [5.74, 6) is 1.13. The van der Waals surface area contributed by atoms with Crippen molar-refractivity contribution in [3.63, 3.8) is 0 Å². The number of rotatable bonds is 2. The monoisotopic (exact) mass is 303 g/mol. The van der Waals surface area contributed by atoms with Gasteiger partial charge in [0.15, 0.2) is 5.17 Å². The van der Waals surface area contributed by atoms with Crippen molar-refractivity contribution in [2.24, 2.45) is 10.7 Å². The molecule has 2 aliphatic rings. The molecule has 1 fully saturated rings. The third-order valence-corrected chi connectivity index (χ3v) is 5.14. The normalized spacial score (nSPS) is 25.8. The second-order valence-corrected chi connectivity index (χ2v) is 7.01. The summed E-state index contributed by atoms with van der Waals surface area (Å²) < 4.78 is 0. The van der Waals surface area contributed by atoms with Gasteiger partial charge in [-0.15, -0.1) is 0 Å². The van der Waals surface area contributed by atoms with Crippen LogP contribution in [0.15, 0.2) is 29.3 Å². The standard InChI is InChI=1S/C16H21N3OS/c1-16(8-11-21-15(17)18-16)13-6-4-12(5-7-13)14(20)19-9-2-3-10-19/h4-7H,2-3,8-11H2,1H3,(H2,17,18). The fourth-order valence-corrected chi connectivity index (χ4v) is 3.94. The Bertz CT molecular complexity index is 563. The average Bonchev–Trinajstić information content (AvgIpc) is 3.00. The summed E-state index contributed by atoms with van der Waals surface area (Å²) in [4.78, 5) is 18.9. The lowest BCUT2D eigenvalue weighted by molar-refractivity contribution is 0.0793. The van der Waals surface area contributed by atoms with Gasteiger partial charge in [0, 0.05) is 24.4 Å². The highest BCUT2D eigenvalue weighted by atomic mass is 32.2. The smallest absolute Gasteiger partial charge is 0.253 e. The molecule has 21 heavy (non-hydrogen) atoms. The van der Waals surface area contributed by atoms with Gasteiger partial charge in [-0.25, -0.2) is 0 Å². The molecule has 1 saturated heterocycles. The van der Waals surface area contributed by atoms with E-state index in [0.29, 0.717) is 5.17 Å². The quantitative estimate of drug-likeness (QED) is 0.913. The van der Waals surface area contributed by atoms with Crippen LogP contribution in [-0.2, 0) is 5.54 Å². The molecular formula is C16H21N3OS. The number of amides is 1. The number of nitrogens with two attached hydrogens (primary N) is 1. The molecule has 1 aromatic carbocycles. The van der Waals surface area contributed by atoms with Gasteiger partial charge in [-0.2, -0.15) is 0 Å². The number of aliphatic imine (C=N–C) groups is 1. The van der Waals surface area contributed by atoms with E-state index in [0.717, 1.165) is 49.2 Å². The molecular weight excluding hydrogens is 282 g/mol. The summed E-state index contributed by atoms with van der Waals surface area (Å²) >= 11 is 1.61. The molecule has 0 spiro atoms. The number of hydrogen-bond donors (Lipinski definition) is 1. The number of likely N-dealkylation sites (tertiary alicyclic amines) is 1. The second kappa shape index (κ2) is 5.72. The molecule has 4 nitrogen and oxygen atoms in total. The van der Waals surface area contributed by atoms with Crippen LogP contribution in [0.2, 0.25) is 0 Å². The third-order valence-electron chi connectivity index (χ3n) is 4.34. The molecule has 2 heterocycles. The van der Waals surface area contributed by atoms with Crippen LogP contribution < -0.4 is 5.73 Å². The molecule has 0 saturated carbocycles. The Kier molecular flexibility index (Phi) is 3.93. The van der Waals surface area contributed by atoms with Crippen LogP contribution in [0.1, 0.15) is 42.1 Å². The predicted molar refractivity (Wildman–Crippen MR) is 87.6 cm³/mol. The van der Waals surface area contributed by atoms with Crippen molar-refractivity contribution < 1.29 is 4.79 Å². The average molecular weight is 303 g/mol. The summed E-state index contributed by atoms with van der Waals surface area (Å²) in [5, 5.41) is 0.654. The van der Waals surface area contributed by atoms with E-state index in [1.54, 1.807) is 11.8 Å². The Morgan fingerprint density at radius 3 is 2.57 bits per heavy atom. The molecule has 5 heteroatoms. The zero-order chi connectivity index (χ0) is 14.9. The fraction of sp³-hybridized carbons (Fsp3) is 0.500. The Morgan fingerprint density at radius 2 is 1.95 bits per heavy atom. The van der Waals surface area contributed by atoms with E-state index in [2.05, 4.69) is 11.9 Å². The highest BCUT2D eigenvalue weighted by Gasteiger charge is 2.29. The molecule has 0 radical (unpaired) electrons. The first-order chi connectivity index (χ1) is 10.1. The molecule has 1 aromatic rings. The van der Waals surface area contributed by atoms with E-state index < -0.39 is 0 Å². The minimum absolute atomic E-state index is 0.145. The molecule has 1 atom stereocenters. The lowest BCUT2D eigenvalue weighted by Crippen LogP contribution is -2.29. The number of nitrogens with zero attached hydrogens (tertiary/aromatic N) is 2. The van der Waals surface area contributed by atoms with Crippen LogP contribution in [0.4, 0.5) is 0 Å². The highest BCUT2D eigenvalue weighted by Crippen LogP contribution is 2.35. The second-order valence-electron chi connectivity index (χ2n) is 5.90. The minimum Gasteiger partial charge on any atom is -0.379 e. The van der Waals surface area contributed by atoms with Gasteiger partial charge in [0.2, 0.25) is 0 Å². The largest absolute Gasteiger partial charge is 0.379 e. The Labute approximate surface area is 129 Å². The molecule has 0 aliphatic carbocycles. The molecule has 2 N–H and O–H groups in total. The Hall–Kier alpha value is -1.49. The number of benzene rings is 1. The fourth-order valence-electron chi connectivity index (χ4n) is 2.97. The zero-order valence-corrected chi connectivity index (χ0v) is 13.2. The van der Waals surface area contributed by atoms with Gasteiger partial charge in [0.1, 0.15) is 0 Å². The van der Waals surface area contributed by atoms with Crippen LogP contribution in [0, 0.1) is 0 Å². The molecule has 0 aromatic heterocycles.